The highest BCUT2D eigenvalue weighted by atomic mass is 16.3. The molecule has 17 heavy (non-hydrogen) atoms. The molecule has 1 atom stereocenters. The predicted molar refractivity (Wildman–Crippen MR) is 65.3 cm³/mol. The molecule has 0 aliphatic rings. The van der Waals surface area contributed by atoms with E-state index in [4.69, 9.17) is 15.9 Å². The summed E-state index contributed by atoms with van der Waals surface area (Å²) in [6.45, 7) is -0.269. The van der Waals surface area contributed by atoms with Gasteiger partial charge in [0, 0.05) is 18.7 Å². The predicted octanol–water partition coefficient (Wildman–Crippen LogP) is -0.329. The van der Waals surface area contributed by atoms with Crippen molar-refractivity contribution < 1.29 is 15.0 Å². The molecule has 0 bridgehead atoms. The number of amides is 1. The summed E-state index contributed by atoms with van der Waals surface area (Å²) < 4.78 is 0. The van der Waals surface area contributed by atoms with Crippen molar-refractivity contribution in [3.8, 4) is 0 Å². The zero-order valence-corrected chi connectivity index (χ0v) is 9.60. The van der Waals surface area contributed by atoms with E-state index in [1.807, 2.05) is 12.1 Å². The van der Waals surface area contributed by atoms with Crippen LogP contribution in [0.5, 0.6) is 0 Å². The third-order valence-corrected chi connectivity index (χ3v) is 2.37. The van der Waals surface area contributed by atoms with Crippen LogP contribution in [-0.2, 0) is 11.2 Å². The van der Waals surface area contributed by atoms with Gasteiger partial charge in [-0.3, -0.25) is 4.79 Å². The van der Waals surface area contributed by atoms with Crippen molar-refractivity contribution in [3.05, 3.63) is 29.8 Å². The Morgan fingerprint density at radius 3 is 2.59 bits per heavy atom. The van der Waals surface area contributed by atoms with Crippen molar-refractivity contribution in [1.82, 2.24) is 5.32 Å². The quantitative estimate of drug-likeness (QED) is 0.510. The molecule has 5 heteroatoms. The highest BCUT2D eigenvalue weighted by Crippen LogP contribution is 2.07. The first-order valence-electron chi connectivity index (χ1n) is 5.52. The van der Waals surface area contributed by atoms with Gasteiger partial charge < -0.3 is 21.3 Å². The summed E-state index contributed by atoms with van der Waals surface area (Å²) in [6.07, 6.45) is 0.0825. The number of hydrogen-bond donors (Lipinski definition) is 4. The third kappa shape index (κ3) is 5.33. The van der Waals surface area contributed by atoms with Gasteiger partial charge in [0.25, 0.3) is 0 Å². The highest BCUT2D eigenvalue weighted by Gasteiger charge is 2.05. The summed E-state index contributed by atoms with van der Waals surface area (Å²) in [5.41, 5.74) is 7.29. The van der Waals surface area contributed by atoms with Gasteiger partial charge in [0.1, 0.15) is 0 Å². The molecule has 5 N–H and O–H groups in total. The Bertz CT molecular complexity index is 351. The number of aliphatic hydroxyl groups is 2. The third-order valence-electron chi connectivity index (χ3n) is 2.37. The Hall–Kier alpha value is -1.59. The van der Waals surface area contributed by atoms with Crippen LogP contribution in [0.25, 0.3) is 0 Å². The van der Waals surface area contributed by atoms with Crippen LogP contribution >= 0.6 is 0 Å². The Kier molecular flexibility index (Phi) is 5.45. The molecule has 0 heterocycles. The average molecular weight is 238 g/mol. The van der Waals surface area contributed by atoms with E-state index in [0.717, 1.165) is 5.56 Å². The van der Waals surface area contributed by atoms with E-state index >= 15 is 0 Å². The van der Waals surface area contributed by atoms with E-state index < -0.39 is 6.10 Å². The topological polar surface area (TPSA) is 95.6 Å². The largest absolute Gasteiger partial charge is 0.399 e. The normalized spacial score (nSPS) is 12.1. The fourth-order valence-electron chi connectivity index (χ4n) is 1.33. The van der Waals surface area contributed by atoms with E-state index in [1.165, 1.54) is 0 Å². The molecule has 1 rings (SSSR count). The van der Waals surface area contributed by atoms with E-state index in [1.54, 1.807) is 12.1 Å². The molecule has 0 aromatic heterocycles. The summed E-state index contributed by atoms with van der Waals surface area (Å²) in [7, 11) is 0. The molecule has 0 fully saturated rings. The molecule has 94 valence electrons. The number of anilines is 1. The Morgan fingerprint density at radius 1 is 1.35 bits per heavy atom. The molecule has 1 aromatic rings. The first-order valence-corrected chi connectivity index (χ1v) is 5.52. The SMILES string of the molecule is Nc1ccc(CCC(=O)NCC(O)CO)cc1. The van der Waals surface area contributed by atoms with E-state index in [-0.39, 0.29) is 19.1 Å². The molecule has 1 unspecified atom stereocenters. The van der Waals surface area contributed by atoms with Gasteiger partial charge in [-0.05, 0) is 24.1 Å². The molecule has 0 saturated carbocycles. The lowest BCUT2D eigenvalue weighted by Gasteiger charge is -2.08. The number of nitrogens with one attached hydrogen (secondary N) is 1. The summed E-state index contributed by atoms with van der Waals surface area (Å²) in [6, 6.07) is 7.35. The lowest BCUT2D eigenvalue weighted by atomic mass is 10.1. The smallest absolute Gasteiger partial charge is 0.220 e. The summed E-state index contributed by atoms with van der Waals surface area (Å²) in [5.74, 6) is -0.144. The molecule has 0 aliphatic carbocycles. The van der Waals surface area contributed by atoms with E-state index in [0.29, 0.717) is 18.5 Å². The highest BCUT2D eigenvalue weighted by molar-refractivity contribution is 5.76. The molecular formula is C12H18N2O3. The Morgan fingerprint density at radius 2 is 2.00 bits per heavy atom. The molecule has 1 aromatic carbocycles. The Balaban J connectivity index is 2.26. The van der Waals surface area contributed by atoms with Crippen LogP contribution in [0, 0.1) is 0 Å². The van der Waals surface area contributed by atoms with Crippen LogP contribution in [0.15, 0.2) is 24.3 Å². The zero-order valence-electron chi connectivity index (χ0n) is 9.60. The second-order valence-electron chi connectivity index (χ2n) is 3.88. The minimum Gasteiger partial charge on any atom is -0.399 e. The minimum absolute atomic E-state index is 0.0804. The van der Waals surface area contributed by atoms with Crippen LogP contribution in [0.2, 0.25) is 0 Å². The average Bonchev–Trinajstić information content (AvgIpc) is 2.35. The van der Waals surface area contributed by atoms with Crippen LogP contribution in [-0.4, -0.2) is 35.4 Å². The second kappa shape index (κ2) is 6.88. The van der Waals surface area contributed by atoms with Gasteiger partial charge in [-0.15, -0.1) is 0 Å². The maximum absolute atomic E-state index is 11.4. The maximum Gasteiger partial charge on any atom is 0.220 e. The fraction of sp³-hybridized carbons (Fsp3) is 0.417. The first-order chi connectivity index (χ1) is 8.11. The first kappa shape index (κ1) is 13.5. The van der Waals surface area contributed by atoms with Crippen molar-refractivity contribution in [1.29, 1.82) is 0 Å². The molecular weight excluding hydrogens is 220 g/mol. The molecule has 1 amide bonds. The van der Waals surface area contributed by atoms with Gasteiger partial charge in [0.2, 0.25) is 5.91 Å². The molecule has 0 radical (unpaired) electrons. The lowest BCUT2D eigenvalue weighted by Crippen LogP contribution is -2.33. The standard InChI is InChI=1S/C12H18N2O3/c13-10-4-1-9(2-5-10)3-6-12(17)14-7-11(16)8-15/h1-2,4-5,11,15-16H,3,6-8,13H2,(H,14,17). The van der Waals surface area contributed by atoms with Crippen molar-refractivity contribution >= 4 is 11.6 Å². The van der Waals surface area contributed by atoms with Crippen molar-refractivity contribution in [2.24, 2.45) is 0 Å². The molecule has 0 aliphatic heterocycles. The number of aryl methyl sites for hydroxylation is 1. The summed E-state index contributed by atoms with van der Waals surface area (Å²) in [5, 5.41) is 20.2. The number of carbonyl (C=O) groups excluding carboxylic acids is 1. The number of rotatable bonds is 6. The number of carbonyl (C=O) groups is 1. The number of nitrogens with two attached hydrogens (primary N) is 1. The van der Waals surface area contributed by atoms with Crippen LogP contribution in [0.1, 0.15) is 12.0 Å². The minimum atomic E-state index is -0.893. The lowest BCUT2D eigenvalue weighted by molar-refractivity contribution is -0.121. The van der Waals surface area contributed by atoms with Crippen molar-refractivity contribution in [2.45, 2.75) is 18.9 Å². The van der Waals surface area contributed by atoms with Gasteiger partial charge >= 0.3 is 0 Å². The number of hydrogen-bond acceptors (Lipinski definition) is 4. The van der Waals surface area contributed by atoms with Gasteiger partial charge in [-0.25, -0.2) is 0 Å². The molecule has 0 saturated heterocycles. The van der Waals surface area contributed by atoms with Crippen molar-refractivity contribution in [2.75, 3.05) is 18.9 Å². The number of aliphatic hydroxyl groups excluding tert-OH is 2. The fourth-order valence-corrected chi connectivity index (χ4v) is 1.33. The monoisotopic (exact) mass is 238 g/mol. The molecule has 5 nitrogen and oxygen atoms in total. The summed E-state index contributed by atoms with van der Waals surface area (Å²) in [4.78, 5) is 11.4. The van der Waals surface area contributed by atoms with Crippen molar-refractivity contribution in [3.63, 3.8) is 0 Å². The van der Waals surface area contributed by atoms with Crippen LogP contribution in [0.3, 0.4) is 0 Å². The second-order valence-corrected chi connectivity index (χ2v) is 3.88. The number of nitrogen functional groups attached to an aromatic ring is 1. The Labute approximate surface area is 100 Å². The van der Waals surface area contributed by atoms with Crippen LogP contribution in [0.4, 0.5) is 5.69 Å². The zero-order chi connectivity index (χ0) is 12.7. The number of benzene rings is 1. The van der Waals surface area contributed by atoms with E-state index in [9.17, 15) is 4.79 Å². The molecule has 0 spiro atoms. The van der Waals surface area contributed by atoms with Gasteiger partial charge in [-0.1, -0.05) is 12.1 Å². The maximum atomic E-state index is 11.4. The van der Waals surface area contributed by atoms with Gasteiger partial charge in [0.05, 0.1) is 12.7 Å². The van der Waals surface area contributed by atoms with Crippen LogP contribution < -0.4 is 11.1 Å². The van der Waals surface area contributed by atoms with E-state index in [2.05, 4.69) is 5.32 Å². The summed E-state index contributed by atoms with van der Waals surface area (Å²) >= 11 is 0. The van der Waals surface area contributed by atoms with Gasteiger partial charge in [0.15, 0.2) is 0 Å². The van der Waals surface area contributed by atoms with Gasteiger partial charge in [-0.2, -0.15) is 0 Å².